The van der Waals surface area contributed by atoms with E-state index in [1.165, 1.54) is 0 Å². The standard InChI is InChI=1S/C22H25N5O2/c1-3-26(4-2)17-12-10-16(11-13-17)23-21(28)19-18-7-5-6-14-27(18)20(25-19)22(29)24-15-8-9-15/h5-7,10-15H,3-4,8-9H2,1-2H3,(H,23,28)(H,24,29). The number of rotatable bonds is 7. The molecule has 1 fully saturated rings. The first kappa shape index (κ1) is 19.0. The topological polar surface area (TPSA) is 78.7 Å². The van der Waals surface area contributed by atoms with Gasteiger partial charge in [-0.05, 0) is 63.1 Å². The summed E-state index contributed by atoms with van der Waals surface area (Å²) >= 11 is 0. The molecule has 7 nitrogen and oxygen atoms in total. The molecule has 2 heterocycles. The number of anilines is 2. The first-order valence-corrected chi connectivity index (χ1v) is 10.0. The van der Waals surface area contributed by atoms with Gasteiger partial charge in [0.1, 0.15) is 0 Å². The van der Waals surface area contributed by atoms with Gasteiger partial charge in [-0.3, -0.25) is 14.0 Å². The third kappa shape index (κ3) is 3.94. The summed E-state index contributed by atoms with van der Waals surface area (Å²) < 4.78 is 1.66. The Morgan fingerprint density at radius 1 is 1.07 bits per heavy atom. The average Bonchev–Trinajstić information content (AvgIpc) is 3.46. The van der Waals surface area contributed by atoms with Crippen LogP contribution in [0.3, 0.4) is 0 Å². The highest BCUT2D eigenvalue weighted by Gasteiger charge is 2.27. The van der Waals surface area contributed by atoms with E-state index in [1.807, 2.05) is 36.4 Å². The maximum atomic E-state index is 12.9. The molecule has 0 atom stereocenters. The Morgan fingerprint density at radius 3 is 2.45 bits per heavy atom. The van der Waals surface area contributed by atoms with Crippen molar-refractivity contribution in [1.82, 2.24) is 14.7 Å². The molecule has 0 spiro atoms. The monoisotopic (exact) mass is 391 g/mol. The van der Waals surface area contributed by atoms with Crippen molar-refractivity contribution in [1.29, 1.82) is 0 Å². The molecule has 0 radical (unpaired) electrons. The van der Waals surface area contributed by atoms with Crippen molar-refractivity contribution in [2.45, 2.75) is 32.7 Å². The van der Waals surface area contributed by atoms with Gasteiger partial charge in [0.05, 0.1) is 5.52 Å². The van der Waals surface area contributed by atoms with Gasteiger partial charge >= 0.3 is 0 Å². The third-order valence-corrected chi connectivity index (χ3v) is 5.13. The number of benzene rings is 1. The van der Waals surface area contributed by atoms with Crippen LogP contribution in [0.1, 0.15) is 47.8 Å². The number of carbonyl (C=O) groups excluding carboxylic acids is 2. The highest BCUT2D eigenvalue weighted by atomic mass is 16.2. The van der Waals surface area contributed by atoms with Crippen molar-refractivity contribution in [2.24, 2.45) is 0 Å². The zero-order chi connectivity index (χ0) is 20.4. The van der Waals surface area contributed by atoms with E-state index in [0.29, 0.717) is 11.2 Å². The molecule has 3 aromatic rings. The van der Waals surface area contributed by atoms with Gasteiger partial charge < -0.3 is 15.5 Å². The summed E-state index contributed by atoms with van der Waals surface area (Å²) in [4.78, 5) is 32.0. The van der Waals surface area contributed by atoms with Crippen molar-refractivity contribution >= 4 is 28.7 Å². The number of hydrogen-bond donors (Lipinski definition) is 2. The number of aromatic nitrogens is 2. The minimum atomic E-state index is -0.338. The number of amides is 2. The second-order valence-electron chi connectivity index (χ2n) is 7.16. The smallest absolute Gasteiger partial charge is 0.287 e. The summed E-state index contributed by atoms with van der Waals surface area (Å²) in [5.41, 5.74) is 2.64. The summed E-state index contributed by atoms with van der Waals surface area (Å²) in [5.74, 6) is -0.361. The Bertz CT molecular complexity index is 1030. The van der Waals surface area contributed by atoms with E-state index in [1.54, 1.807) is 16.7 Å². The highest BCUT2D eigenvalue weighted by molar-refractivity contribution is 6.09. The van der Waals surface area contributed by atoms with Gasteiger partial charge in [-0.15, -0.1) is 0 Å². The normalized spacial score (nSPS) is 13.3. The van der Waals surface area contributed by atoms with Gasteiger partial charge in [0.15, 0.2) is 5.69 Å². The van der Waals surface area contributed by atoms with Crippen molar-refractivity contribution in [3.05, 3.63) is 60.2 Å². The van der Waals surface area contributed by atoms with Gasteiger partial charge in [0, 0.05) is 36.7 Å². The molecule has 2 aromatic heterocycles. The van der Waals surface area contributed by atoms with Gasteiger partial charge in [-0.2, -0.15) is 0 Å². The molecule has 1 aromatic carbocycles. The molecule has 0 aliphatic heterocycles. The fourth-order valence-corrected chi connectivity index (χ4v) is 3.38. The van der Waals surface area contributed by atoms with E-state index in [4.69, 9.17) is 0 Å². The first-order chi connectivity index (χ1) is 14.1. The Balaban J connectivity index is 1.57. The van der Waals surface area contributed by atoms with Crippen LogP contribution in [0.15, 0.2) is 48.7 Å². The largest absolute Gasteiger partial charge is 0.372 e. The number of nitrogens with one attached hydrogen (secondary N) is 2. The highest BCUT2D eigenvalue weighted by Crippen LogP contribution is 2.21. The molecule has 0 saturated heterocycles. The number of nitrogens with zero attached hydrogens (tertiary/aromatic N) is 3. The SMILES string of the molecule is CCN(CC)c1ccc(NC(=O)c2nc(C(=O)NC3CC3)n3ccccc23)cc1. The predicted molar refractivity (Wildman–Crippen MR) is 114 cm³/mol. The van der Waals surface area contributed by atoms with E-state index in [0.717, 1.165) is 31.6 Å². The zero-order valence-corrected chi connectivity index (χ0v) is 16.7. The van der Waals surface area contributed by atoms with Gasteiger partial charge in [-0.25, -0.2) is 4.98 Å². The van der Waals surface area contributed by atoms with Crippen LogP contribution in [0, 0.1) is 0 Å². The Kier molecular flexibility index (Phi) is 5.20. The molecule has 1 aliphatic carbocycles. The van der Waals surface area contributed by atoms with E-state index >= 15 is 0 Å². The lowest BCUT2D eigenvalue weighted by molar-refractivity contribution is 0.0940. The summed E-state index contributed by atoms with van der Waals surface area (Å²) in [6, 6.07) is 13.4. The molecule has 7 heteroatoms. The Morgan fingerprint density at radius 2 is 1.79 bits per heavy atom. The number of pyridine rings is 1. The predicted octanol–water partition coefficient (Wildman–Crippen LogP) is 3.33. The van der Waals surface area contributed by atoms with Gasteiger partial charge in [-0.1, -0.05) is 6.07 Å². The Hall–Kier alpha value is -3.35. The molecule has 4 rings (SSSR count). The quantitative estimate of drug-likeness (QED) is 0.648. The van der Waals surface area contributed by atoms with Crippen LogP contribution in [-0.2, 0) is 0 Å². The average molecular weight is 391 g/mol. The van der Waals surface area contributed by atoms with E-state index in [9.17, 15) is 9.59 Å². The molecule has 2 amide bonds. The van der Waals surface area contributed by atoms with E-state index < -0.39 is 0 Å². The number of hydrogen-bond acceptors (Lipinski definition) is 4. The van der Waals surface area contributed by atoms with Gasteiger partial charge in [0.2, 0.25) is 5.82 Å². The van der Waals surface area contributed by atoms with Crippen molar-refractivity contribution in [3.8, 4) is 0 Å². The lowest BCUT2D eigenvalue weighted by atomic mass is 10.2. The lowest BCUT2D eigenvalue weighted by Gasteiger charge is -2.21. The molecule has 29 heavy (non-hydrogen) atoms. The summed E-state index contributed by atoms with van der Waals surface area (Å²) in [6.45, 7) is 6.07. The van der Waals surface area contributed by atoms with Crippen LogP contribution in [0.5, 0.6) is 0 Å². The van der Waals surface area contributed by atoms with Crippen LogP contribution < -0.4 is 15.5 Å². The molecule has 2 N–H and O–H groups in total. The van der Waals surface area contributed by atoms with Gasteiger partial charge in [0.25, 0.3) is 11.8 Å². The maximum Gasteiger partial charge on any atom is 0.287 e. The maximum absolute atomic E-state index is 12.9. The molecule has 1 aliphatic rings. The van der Waals surface area contributed by atoms with Crippen LogP contribution in [0.25, 0.3) is 5.52 Å². The van der Waals surface area contributed by atoms with Crippen LogP contribution >= 0.6 is 0 Å². The lowest BCUT2D eigenvalue weighted by Crippen LogP contribution is -2.27. The first-order valence-electron chi connectivity index (χ1n) is 10.0. The number of imidazole rings is 1. The summed E-state index contributed by atoms with van der Waals surface area (Å²) in [7, 11) is 0. The molecular weight excluding hydrogens is 366 g/mol. The van der Waals surface area contributed by atoms with Crippen molar-refractivity contribution in [2.75, 3.05) is 23.3 Å². The number of carbonyl (C=O) groups is 2. The second-order valence-corrected chi connectivity index (χ2v) is 7.16. The fraction of sp³-hybridized carbons (Fsp3) is 0.318. The summed E-state index contributed by atoms with van der Waals surface area (Å²) in [5, 5.41) is 5.83. The molecule has 1 saturated carbocycles. The minimum Gasteiger partial charge on any atom is -0.372 e. The van der Waals surface area contributed by atoms with E-state index in [-0.39, 0.29) is 29.4 Å². The van der Waals surface area contributed by atoms with Crippen LogP contribution in [-0.4, -0.2) is 40.3 Å². The molecule has 0 bridgehead atoms. The zero-order valence-electron chi connectivity index (χ0n) is 16.7. The number of fused-ring (bicyclic) bond motifs is 1. The molecule has 0 unspecified atom stereocenters. The third-order valence-electron chi connectivity index (χ3n) is 5.13. The van der Waals surface area contributed by atoms with Crippen LogP contribution in [0.4, 0.5) is 11.4 Å². The van der Waals surface area contributed by atoms with Crippen LogP contribution in [0.2, 0.25) is 0 Å². The molecular formula is C22H25N5O2. The van der Waals surface area contributed by atoms with Crippen molar-refractivity contribution < 1.29 is 9.59 Å². The van der Waals surface area contributed by atoms with E-state index in [2.05, 4.69) is 34.4 Å². The molecule has 150 valence electrons. The minimum absolute atomic E-state index is 0.222. The Labute approximate surface area is 169 Å². The summed E-state index contributed by atoms with van der Waals surface area (Å²) in [6.07, 6.45) is 3.73. The second kappa shape index (κ2) is 7.95. The fourth-order valence-electron chi connectivity index (χ4n) is 3.38. The van der Waals surface area contributed by atoms with Crippen molar-refractivity contribution in [3.63, 3.8) is 0 Å².